The summed E-state index contributed by atoms with van der Waals surface area (Å²) >= 11 is 0. The van der Waals surface area contributed by atoms with Crippen LogP contribution < -0.4 is 10.2 Å². The summed E-state index contributed by atoms with van der Waals surface area (Å²) < 4.78 is 7.54. The number of pyridine rings is 1. The van der Waals surface area contributed by atoms with Crippen LogP contribution in [0.15, 0.2) is 41.2 Å². The van der Waals surface area contributed by atoms with Crippen LogP contribution in [0.25, 0.3) is 22.2 Å². The zero-order chi connectivity index (χ0) is 17.0. The molecule has 1 aliphatic carbocycles. The number of aromatic nitrogens is 1. The molecule has 1 heterocycles. The van der Waals surface area contributed by atoms with Gasteiger partial charge in [0.1, 0.15) is 5.75 Å². The van der Waals surface area contributed by atoms with Gasteiger partial charge in [-0.25, -0.2) is 0 Å². The molecule has 0 aliphatic heterocycles. The van der Waals surface area contributed by atoms with Gasteiger partial charge in [-0.05, 0) is 25.5 Å². The van der Waals surface area contributed by atoms with Crippen LogP contribution in [0.2, 0.25) is 0 Å². The highest BCUT2D eigenvalue weighted by molar-refractivity contribution is 6.22. The molecule has 4 nitrogen and oxygen atoms in total. The van der Waals surface area contributed by atoms with Gasteiger partial charge in [0.2, 0.25) is 5.43 Å². The average Bonchev–Trinajstić information content (AvgIpc) is 2.90. The van der Waals surface area contributed by atoms with E-state index >= 15 is 0 Å². The van der Waals surface area contributed by atoms with Crippen molar-refractivity contribution in [3.05, 3.63) is 63.3 Å². The van der Waals surface area contributed by atoms with Crippen LogP contribution in [-0.4, -0.2) is 17.5 Å². The van der Waals surface area contributed by atoms with E-state index in [0.717, 1.165) is 16.6 Å². The van der Waals surface area contributed by atoms with Crippen molar-refractivity contribution >= 4 is 16.7 Å². The molecule has 4 rings (SSSR count). The molecule has 2 aromatic carbocycles. The van der Waals surface area contributed by atoms with E-state index in [1.807, 2.05) is 48.7 Å². The van der Waals surface area contributed by atoms with Gasteiger partial charge in [0, 0.05) is 17.7 Å². The van der Waals surface area contributed by atoms with Gasteiger partial charge in [0.05, 0.1) is 29.3 Å². The fraction of sp³-hybridized carbons (Fsp3) is 0.200. The number of rotatable bonds is 2. The third kappa shape index (κ3) is 1.68. The molecule has 4 heteroatoms. The van der Waals surface area contributed by atoms with Gasteiger partial charge in [0.25, 0.3) is 0 Å². The zero-order valence-corrected chi connectivity index (χ0v) is 13.8. The van der Waals surface area contributed by atoms with Crippen molar-refractivity contribution in [2.45, 2.75) is 20.4 Å². The Morgan fingerprint density at radius 2 is 1.75 bits per heavy atom. The SMILES string of the molecule is CCn1c2c(c(=O)c3c(C)ccc(OC)c31)C(=O)c1ccccc1-2. The van der Waals surface area contributed by atoms with Crippen LogP contribution in [0.3, 0.4) is 0 Å². The molecule has 0 fully saturated rings. The number of benzene rings is 2. The normalized spacial score (nSPS) is 12.4. The summed E-state index contributed by atoms with van der Waals surface area (Å²) in [5.41, 5.74) is 3.81. The number of hydrogen-bond donors (Lipinski definition) is 0. The van der Waals surface area contributed by atoms with Crippen LogP contribution in [0.5, 0.6) is 5.75 Å². The van der Waals surface area contributed by atoms with Gasteiger partial charge >= 0.3 is 0 Å². The fourth-order valence-electron chi connectivity index (χ4n) is 3.70. The summed E-state index contributed by atoms with van der Waals surface area (Å²) in [7, 11) is 1.60. The summed E-state index contributed by atoms with van der Waals surface area (Å²) in [4.78, 5) is 26.0. The van der Waals surface area contributed by atoms with Crippen molar-refractivity contribution < 1.29 is 9.53 Å². The predicted molar refractivity (Wildman–Crippen MR) is 94.0 cm³/mol. The van der Waals surface area contributed by atoms with Crippen LogP contribution in [0, 0.1) is 6.92 Å². The van der Waals surface area contributed by atoms with E-state index in [4.69, 9.17) is 4.74 Å². The summed E-state index contributed by atoms with van der Waals surface area (Å²) in [6.45, 7) is 4.54. The van der Waals surface area contributed by atoms with Crippen molar-refractivity contribution in [2.75, 3.05) is 7.11 Å². The minimum Gasteiger partial charge on any atom is -0.495 e. The third-order valence-electron chi connectivity index (χ3n) is 4.77. The zero-order valence-electron chi connectivity index (χ0n) is 13.8. The summed E-state index contributed by atoms with van der Waals surface area (Å²) in [5.74, 6) is 0.464. The molecule has 120 valence electrons. The second-order valence-corrected chi connectivity index (χ2v) is 5.98. The van der Waals surface area contributed by atoms with E-state index in [0.29, 0.717) is 28.9 Å². The van der Waals surface area contributed by atoms with E-state index in [9.17, 15) is 9.59 Å². The van der Waals surface area contributed by atoms with E-state index in [1.54, 1.807) is 13.2 Å². The fourth-order valence-corrected chi connectivity index (χ4v) is 3.70. The van der Waals surface area contributed by atoms with Gasteiger partial charge in [-0.15, -0.1) is 0 Å². The lowest BCUT2D eigenvalue weighted by atomic mass is 10.0. The Kier molecular flexibility index (Phi) is 3.10. The molecule has 0 N–H and O–H groups in total. The number of hydrogen-bond acceptors (Lipinski definition) is 3. The maximum absolute atomic E-state index is 13.2. The Morgan fingerprint density at radius 3 is 2.42 bits per heavy atom. The quantitative estimate of drug-likeness (QED) is 0.568. The molecular weight excluding hydrogens is 302 g/mol. The molecule has 0 saturated heterocycles. The van der Waals surface area contributed by atoms with Crippen LogP contribution in [0.4, 0.5) is 0 Å². The Labute approximate surface area is 139 Å². The number of carbonyl (C=O) groups excluding carboxylic acids is 1. The standard InChI is InChI=1S/C20H17NO3/c1-4-21-17-12-7-5-6-8-13(12)19(22)16(17)20(23)15-11(2)9-10-14(24-3)18(15)21/h5-10H,4H2,1-3H3. The highest BCUT2D eigenvalue weighted by atomic mass is 16.5. The van der Waals surface area contributed by atoms with Crippen molar-refractivity contribution in [3.63, 3.8) is 0 Å². The van der Waals surface area contributed by atoms with Gasteiger partial charge in [-0.2, -0.15) is 0 Å². The lowest BCUT2D eigenvalue weighted by molar-refractivity contribution is 0.104. The largest absolute Gasteiger partial charge is 0.495 e. The van der Waals surface area contributed by atoms with Crippen LogP contribution >= 0.6 is 0 Å². The molecule has 3 aromatic rings. The summed E-state index contributed by atoms with van der Waals surface area (Å²) in [5, 5.41) is 0.566. The molecule has 0 spiro atoms. The molecule has 0 saturated carbocycles. The first-order valence-electron chi connectivity index (χ1n) is 7.98. The molecular formula is C20H17NO3. The highest BCUT2D eigenvalue weighted by Crippen LogP contribution is 2.39. The van der Waals surface area contributed by atoms with E-state index in [-0.39, 0.29) is 16.8 Å². The number of methoxy groups -OCH3 is 1. The van der Waals surface area contributed by atoms with Crippen molar-refractivity contribution in [1.82, 2.24) is 4.57 Å². The first-order valence-corrected chi connectivity index (χ1v) is 7.98. The Bertz CT molecular complexity index is 1080. The van der Waals surface area contributed by atoms with Crippen molar-refractivity contribution in [2.24, 2.45) is 0 Å². The first kappa shape index (κ1) is 14.7. The Balaban J connectivity index is 2.31. The van der Waals surface area contributed by atoms with Gasteiger partial charge < -0.3 is 9.30 Å². The Morgan fingerprint density at radius 1 is 1.04 bits per heavy atom. The van der Waals surface area contributed by atoms with E-state index < -0.39 is 0 Å². The van der Waals surface area contributed by atoms with Gasteiger partial charge in [-0.1, -0.05) is 30.3 Å². The third-order valence-corrected chi connectivity index (χ3v) is 4.77. The molecule has 24 heavy (non-hydrogen) atoms. The monoisotopic (exact) mass is 319 g/mol. The molecule has 1 aliphatic rings. The smallest absolute Gasteiger partial charge is 0.201 e. The van der Waals surface area contributed by atoms with Crippen LogP contribution in [-0.2, 0) is 6.54 Å². The average molecular weight is 319 g/mol. The molecule has 1 aromatic heterocycles. The number of ether oxygens (including phenoxy) is 1. The number of ketones is 1. The number of nitrogens with zero attached hydrogens (tertiary/aromatic N) is 1. The molecule has 0 atom stereocenters. The van der Waals surface area contributed by atoms with Gasteiger partial charge in [0.15, 0.2) is 5.78 Å². The lowest BCUT2D eigenvalue weighted by Crippen LogP contribution is -2.19. The summed E-state index contributed by atoms with van der Waals surface area (Å²) in [6, 6.07) is 11.1. The van der Waals surface area contributed by atoms with E-state index in [2.05, 4.69) is 0 Å². The minimum absolute atomic E-state index is 0.183. The van der Waals surface area contributed by atoms with E-state index in [1.165, 1.54) is 0 Å². The molecule has 0 bridgehead atoms. The topological polar surface area (TPSA) is 48.3 Å². The van der Waals surface area contributed by atoms with Gasteiger partial charge in [-0.3, -0.25) is 9.59 Å². The predicted octanol–water partition coefficient (Wildman–Crippen LogP) is 3.55. The maximum atomic E-state index is 13.2. The second kappa shape index (κ2) is 5.06. The number of fused-ring (bicyclic) bond motifs is 4. The van der Waals surface area contributed by atoms with Crippen LogP contribution in [0.1, 0.15) is 28.4 Å². The van der Waals surface area contributed by atoms with Crippen molar-refractivity contribution in [3.8, 4) is 17.0 Å². The second-order valence-electron chi connectivity index (χ2n) is 5.98. The first-order chi connectivity index (χ1) is 11.6. The highest BCUT2D eigenvalue weighted by Gasteiger charge is 2.33. The molecule has 0 radical (unpaired) electrons. The number of carbonyl (C=O) groups is 1. The Hall–Kier alpha value is -2.88. The maximum Gasteiger partial charge on any atom is 0.201 e. The minimum atomic E-state index is -0.206. The lowest BCUT2D eigenvalue weighted by Gasteiger charge is -2.18. The van der Waals surface area contributed by atoms with Crippen molar-refractivity contribution in [1.29, 1.82) is 0 Å². The summed E-state index contributed by atoms with van der Waals surface area (Å²) in [6.07, 6.45) is 0. The molecule has 0 unspecified atom stereocenters. The number of aryl methyl sites for hydroxylation is 2. The molecule has 0 amide bonds.